The summed E-state index contributed by atoms with van der Waals surface area (Å²) in [5.41, 5.74) is -0.454. The fourth-order valence-corrected chi connectivity index (χ4v) is 2.53. The van der Waals surface area contributed by atoms with E-state index in [0.717, 1.165) is 0 Å². The van der Waals surface area contributed by atoms with Crippen LogP contribution in [0.4, 0.5) is 18.0 Å². The fourth-order valence-electron chi connectivity index (χ4n) is 2.53. The van der Waals surface area contributed by atoms with Gasteiger partial charge < -0.3 is 18.9 Å². The summed E-state index contributed by atoms with van der Waals surface area (Å²) in [6, 6.07) is 2.98. The van der Waals surface area contributed by atoms with Crippen LogP contribution < -0.4 is 4.74 Å². The van der Waals surface area contributed by atoms with Gasteiger partial charge in [-0.15, -0.1) is 0 Å². The lowest BCUT2D eigenvalue weighted by atomic mass is 10.2. The van der Waals surface area contributed by atoms with Gasteiger partial charge in [-0.1, -0.05) is 5.16 Å². The molecule has 1 aliphatic heterocycles. The highest BCUT2D eigenvalue weighted by Crippen LogP contribution is 2.29. The van der Waals surface area contributed by atoms with Crippen molar-refractivity contribution in [3.05, 3.63) is 24.2 Å². The second-order valence-corrected chi connectivity index (χ2v) is 7.25. The second-order valence-electron chi connectivity index (χ2n) is 7.25. The molecule has 1 aliphatic rings. The van der Waals surface area contributed by atoms with E-state index in [1.165, 1.54) is 12.3 Å². The maximum atomic E-state index is 12.5. The maximum Gasteiger partial charge on any atom is 0.471 e. The molecule has 28 heavy (non-hydrogen) atoms. The Balaban J connectivity index is 1.58. The molecule has 1 amide bonds. The van der Waals surface area contributed by atoms with Crippen LogP contribution in [0.3, 0.4) is 0 Å². The van der Waals surface area contributed by atoms with Crippen molar-refractivity contribution in [2.45, 2.75) is 45.1 Å². The Morgan fingerprint density at radius 1 is 1.29 bits per heavy atom. The standard InChI is InChI=1S/C17H19F3N4O4/c1-16(2,3)27-15(25)24-7-6-11(9-24)26-10-4-5-12(21-8-10)13-22-14(28-23-13)17(18,19)20/h4-5,8,11H,6-7,9H2,1-3H3. The van der Waals surface area contributed by atoms with Crippen LogP contribution >= 0.6 is 0 Å². The number of alkyl halides is 3. The highest BCUT2D eigenvalue weighted by Gasteiger charge is 2.38. The third-order valence-corrected chi connectivity index (χ3v) is 3.73. The van der Waals surface area contributed by atoms with E-state index in [1.54, 1.807) is 31.7 Å². The smallest absolute Gasteiger partial charge is 0.471 e. The first-order valence-electron chi connectivity index (χ1n) is 8.53. The minimum absolute atomic E-state index is 0.119. The van der Waals surface area contributed by atoms with Crippen LogP contribution in [0.2, 0.25) is 0 Å². The Kier molecular flexibility index (Phi) is 5.18. The van der Waals surface area contributed by atoms with Crippen LogP contribution in [-0.2, 0) is 10.9 Å². The predicted molar refractivity (Wildman–Crippen MR) is 89.4 cm³/mol. The van der Waals surface area contributed by atoms with Gasteiger partial charge in [-0.05, 0) is 32.9 Å². The number of rotatable bonds is 3. The van der Waals surface area contributed by atoms with E-state index in [9.17, 15) is 18.0 Å². The number of pyridine rings is 1. The summed E-state index contributed by atoms with van der Waals surface area (Å²) in [6.45, 7) is 6.27. The predicted octanol–water partition coefficient (Wildman–Crippen LogP) is 3.54. The lowest BCUT2D eigenvalue weighted by Crippen LogP contribution is -2.36. The first-order valence-corrected chi connectivity index (χ1v) is 8.53. The molecular weight excluding hydrogens is 381 g/mol. The van der Waals surface area contributed by atoms with Crippen LogP contribution in [0, 0.1) is 0 Å². The van der Waals surface area contributed by atoms with E-state index < -0.39 is 23.8 Å². The van der Waals surface area contributed by atoms with Crippen molar-refractivity contribution in [3.63, 3.8) is 0 Å². The topological polar surface area (TPSA) is 90.6 Å². The van der Waals surface area contributed by atoms with Crippen LogP contribution in [0.15, 0.2) is 22.9 Å². The van der Waals surface area contributed by atoms with Gasteiger partial charge in [0.25, 0.3) is 0 Å². The van der Waals surface area contributed by atoms with Crippen LogP contribution in [0.5, 0.6) is 5.75 Å². The van der Waals surface area contributed by atoms with Crippen molar-refractivity contribution >= 4 is 6.09 Å². The number of aromatic nitrogens is 3. The number of nitrogens with zero attached hydrogens (tertiary/aromatic N) is 4. The molecule has 152 valence electrons. The molecule has 0 bridgehead atoms. The van der Waals surface area contributed by atoms with Gasteiger partial charge in [0.2, 0.25) is 5.82 Å². The molecular formula is C17H19F3N4O4. The molecule has 0 N–H and O–H groups in total. The minimum Gasteiger partial charge on any atom is -0.487 e. The first kappa shape index (κ1) is 19.9. The third-order valence-electron chi connectivity index (χ3n) is 3.73. The van der Waals surface area contributed by atoms with E-state index in [4.69, 9.17) is 9.47 Å². The van der Waals surface area contributed by atoms with Gasteiger partial charge in [-0.3, -0.25) is 0 Å². The lowest BCUT2D eigenvalue weighted by molar-refractivity contribution is -0.159. The molecule has 1 saturated heterocycles. The van der Waals surface area contributed by atoms with E-state index in [1.807, 2.05) is 0 Å². The van der Waals surface area contributed by atoms with E-state index in [0.29, 0.717) is 25.3 Å². The quantitative estimate of drug-likeness (QED) is 0.778. The zero-order valence-electron chi connectivity index (χ0n) is 15.5. The highest BCUT2D eigenvalue weighted by atomic mass is 19.4. The highest BCUT2D eigenvalue weighted by molar-refractivity contribution is 5.68. The Morgan fingerprint density at radius 3 is 2.61 bits per heavy atom. The number of halogens is 3. The van der Waals surface area contributed by atoms with Crippen molar-refractivity contribution in [2.24, 2.45) is 0 Å². The summed E-state index contributed by atoms with van der Waals surface area (Å²) in [5, 5.41) is 3.28. The first-order chi connectivity index (χ1) is 13.0. The third kappa shape index (κ3) is 4.90. The molecule has 0 aliphatic carbocycles. The average Bonchev–Trinajstić information content (AvgIpc) is 3.23. The van der Waals surface area contributed by atoms with Gasteiger partial charge in [-0.2, -0.15) is 18.2 Å². The zero-order valence-corrected chi connectivity index (χ0v) is 15.5. The summed E-state index contributed by atoms with van der Waals surface area (Å²) in [6.07, 6.45) is -3.36. The van der Waals surface area contributed by atoms with E-state index in [2.05, 4.69) is 19.6 Å². The molecule has 0 spiro atoms. The largest absolute Gasteiger partial charge is 0.487 e. The minimum atomic E-state index is -4.71. The number of carbonyl (C=O) groups is 1. The Bertz CT molecular complexity index is 830. The summed E-state index contributed by atoms with van der Waals surface area (Å²) >= 11 is 0. The second kappa shape index (κ2) is 7.28. The monoisotopic (exact) mass is 400 g/mol. The number of ether oxygens (including phenoxy) is 2. The van der Waals surface area contributed by atoms with Crippen molar-refractivity contribution in [3.8, 4) is 17.3 Å². The Morgan fingerprint density at radius 2 is 2.04 bits per heavy atom. The van der Waals surface area contributed by atoms with Gasteiger partial charge >= 0.3 is 18.2 Å². The van der Waals surface area contributed by atoms with Gasteiger partial charge in [0.05, 0.1) is 12.7 Å². The van der Waals surface area contributed by atoms with Crippen molar-refractivity contribution < 1.29 is 32.0 Å². The molecule has 3 heterocycles. The fraction of sp³-hybridized carbons (Fsp3) is 0.529. The van der Waals surface area contributed by atoms with Gasteiger partial charge in [0.1, 0.15) is 23.1 Å². The van der Waals surface area contributed by atoms with Gasteiger partial charge in [0.15, 0.2) is 0 Å². The van der Waals surface area contributed by atoms with Crippen LogP contribution in [-0.4, -0.2) is 50.9 Å². The lowest BCUT2D eigenvalue weighted by Gasteiger charge is -2.24. The molecule has 0 saturated carbocycles. The molecule has 0 radical (unpaired) electrons. The maximum absolute atomic E-state index is 12.5. The molecule has 1 fully saturated rings. The zero-order chi connectivity index (χ0) is 20.5. The summed E-state index contributed by atoms with van der Waals surface area (Å²) in [5.74, 6) is -1.28. The molecule has 11 heteroatoms. The van der Waals surface area contributed by atoms with E-state index in [-0.39, 0.29) is 17.6 Å². The Labute approximate surface area is 158 Å². The molecule has 2 aromatic heterocycles. The summed E-state index contributed by atoms with van der Waals surface area (Å²) in [7, 11) is 0. The summed E-state index contributed by atoms with van der Waals surface area (Å²) < 4.78 is 52.8. The molecule has 2 aromatic rings. The molecule has 1 atom stereocenters. The number of carbonyl (C=O) groups excluding carboxylic acids is 1. The normalized spacial score (nSPS) is 17.6. The number of hydrogen-bond acceptors (Lipinski definition) is 7. The molecule has 1 unspecified atom stereocenters. The van der Waals surface area contributed by atoms with Crippen LogP contribution in [0.25, 0.3) is 11.5 Å². The van der Waals surface area contributed by atoms with E-state index >= 15 is 0 Å². The summed E-state index contributed by atoms with van der Waals surface area (Å²) in [4.78, 5) is 20.9. The number of amides is 1. The average molecular weight is 400 g/mol. The van der Waals surface area contributed by atoms with Gasteiger partial charge in [0, 0.05) is 13.0 Å². The van der Waals surface area contributed by atoms with Crippen molar-refractivity contribution in [1.29, 1.82) is 0 Å². The number of hydrogen-bond donors (Lipinski definition) is 0. The molecule has 0 aromatic carbocycles. The van der Waals surface area contributed by atoms with Crippen molar-refractivity contribution in [1.82, 2.24) is 20.0 Å². The Hall–Kier alpha value is -2.85. The molecule has 8 nitrogen and oxygen atoms in total. The van der Waals surface area contributed by atoms with Crippen molar-refractivity contribution in [2.75, 3.05) is 13.1 Å². The van der Waals surface area contributed by atoms with Gasteiger partial charge in [-0.25, -0.2) is 9.78 Å². The number of likely N-dealkylation sites (tertiary alicyclic amines) is 1. The SMILES string of the molecule is CC(C)(C)OC(=O)N1CCC(Oc2ccc(-c3noc(C(F)(F)F)n3)nc2)C1. The molecule has 3 rings (SSSR count). The van der Waals surface area contributed by atoms with Crippen LogP contribution in [0.1, 0.15) is 33.1 Å².